The van der Waals surface area contributed by atoms with Gasteiger partial charge in [-0.3, -0.25) is 14.4 Å². The molecular formula is C33H56N6O3S. The van der Waals surface area contributed by atoms with Crippen molar-refractivity contribution in [3.8, 4) is 31.3 Å². The van der Waals surface area contributed by atoms with E-state index in [0.717, 1.165) is 24.5 Å². The fourth-order valence-electron chi connectivity index (χ4n) is 1.83. The molecule has 1 rings (SSSR count). The first kappa shape index (κ1) is 51.6. The molecule has 1 aromatic rings. The number of hydrogen-bond acceptors (Lipinski definition) is 7. The van der Waals surface area contributed by atoms with Crippen LogP contribution in [0.25, 0.3) is 0 Å². The van der Waals surface area contributed by atoms with Gasteiger partial charge in [-0.15, -0.1) is 31.0 Å². The number of carbonyl (C=O) groups is 3. The number of likely N-dealkylation sites (N-methyl/N-ethyl adjacent to an activating group) is 1. The minimum atomic E-state index is -0.324. The Morgan fingerprint density at radius 1 is 1.07 bits per heavy atom. The molecule has 0 aliphatic heterocycles. The van der Waals surface area contributed by atoms with Crippen LogP contribution in [0.4, 0.5) is 11.4 Å². The van der Waals surface area contributed by atoms with Crippen molar-refractivity contribution >= 4 is 40.9 Å². The predicted octanol–water partition coefficient (Wildman–Crippen LogP) is 6.06. The van der Waals surface area contributed by atoms with Crippen LogP contribution in [0.1, 0.15) is 54.9 Å². The minimum Gasteiger partial charge on any atom is -0.388 e. The normalized spacial score (nSPS) is 7.72. The molecule has 0 aliphatic rings. The standard InChI is InChI=1S/C9H12N2O.C7H11NOS.C6H6N2O.C5H13N.2C2H6.C2H2/c1-7(12)11-9-5-3-4-8(6-9)10-2;1-5-8(3)7(9)6(2)10-4;1-2-5-8-6(9)3-4-7;1-4-6(3)5-2;3*1-2/h3-6,10H,1-2H3,(H,11,12);5H,1-2H2,3-4H3;1H,3,5H2,(H,8,9);4-5H2,1-3H3;2*1-2H3;1-2H. The van der Waals surface area contributed by atoms with Crippen LogP contribution >= 0.6 is 11.8 Å². The molecule has 0 radical (unpaired) electrons. The quantitative estimate of drug-likeness (QED) is 0.228. The highest BCUT2D eigenvalue weighted by Crippen LogP contribution is 2.13. The van der Waals surface area contributed by atoms with E-state index >= 15 is 0 Å². The van der Waals surface area contributed by atoms with Crippen LogP contribution in [0.15, 0.2) is 48.5 Å². The highest BCUT2D eigenvalue weighted by Gasteiger charge is 2.07. The number of nitriles is 1. The summed E-state index contributed by atoms with van der Waals surface area (Å²) >= 11 is 1.34. The molecular weight excluding hydrogens is 560 g/mol. The molecule has 3 N–H and O–H groups in total. The van der Waals surface area contributed by atoms with Crippen LogP contribution in [0.5, 0.6) is 0 Å². The average molecular weight is 617 g/mol. The maximum Gasteiger partial charge on any atom is 0.263 e. The molecule has 1 aromatic carbocycles. The second-order valence-electron chi connectivity index (χ2n) is 7.04. The van der Waals surface area contributed by atoms with Gasteiger partial charge < -0.3 is 25.8 Å². The topological polar surface area (TPSA) is 118 Å². The van der Waals surface area contributed by atoms with Gasteiger partial charge >= 0.3 is 0 Å². The number of carbonyl (C=O) groups excluding carboxylic acids is 3. The van der Waals surface area contributed by atoms with E-state index < -0.39 is 0 Å². The fraction of sp³-hybridized carbons (Fsp3) is 0.455. The summed E-state index contributed by atoms with van der Waals surface area (Å²) in [5, 5.41) is 16.0. The van der Waals surface area contributed by atoms with Crippen LogP contribution < -0.4 is 16.0 Å². The second kappa shape index (κ2) is 42.3. The van der Waals surface area contributed by atoms with E-state index in [0.29, 0.717) is 4.91 Å². The summed E-state index contributed by atoms with van der Waals surface area (Å²) in [5.74, 6) is 1.74. The summed E-state index contributed by atoms with van der Waals surface area (Å²) < 4.78 is 0. The molecule has 0 heterocycles. The van der Waals surface area contributed by atoms with Gasteiger partial charge in [0.1, 0.15) is 6.42 Å². The van der Waals surface area contributed by atoms with E-state index in [4.69, 9.17) is 11.7 Å². The Kier molecular flexibility index (Phi) is 50.7. The Morgan fingerprint density at radius 3 is 1.88 bits per heavy atom. The lowest BCUT2D eigenvalue weighted by molar-refractivity contribution is -0.123. The molecule has 0 unspecified atom stereocenters. The summed E-state index contributed by atoms with van der Waals surface area (Å²) in [6.45, 7) is 23.3. The van der Waals surface area contributed by atoms with Gasteiger partial charge in [-0.25, -0.2) is 0 Å². The highest BCUT2D eigenvalue weighted by atomic mass is 32.2. The molecule has 9 nitrogen and oxygen atoms in total. The third kappa shape index (κ3) is 40.0. The van der Waals surface area contributed by atoms with Crippen molar-refractivity contribution in [2.75, 3.05) is 57.7 Å². The molecule has 0 aromatic heterocycles. The average Bonchev–Trinajstić information content (AvgIpc) is 3.05. The van der Waals surface area contributed by atoms with Gasteiger partial charge in [0.15, 0.2) is 0 Å². The SMILES string of the molecule is C#C.C#CCNC(=O)CC#N.C=CN(C)C(=O)C(=C)SC.CC.CC.CCN(C)CC.CNc1cccc(NC(C)=O)c1. The van der Waals surface area contributed by atoms with Gasteiger partial charge in [0.25, 0.3) is 5.91 Å². The molecule has 0 saturated carbocycles. The van der Waals surface area contributed by atoms with Gasteiger partial charge in [0, 0.05) is 32.4 Å². The number of benzene rings is 1. The van der Waals surface area contributed by atoms with Crippen LogP contribution in [-0.2, 0) is 14.4 Å². The maximum absolute atomic E-state index is 11.0. The molecule has 0 saturated heterocycles. The van der Waals surface area contributed by atoms with Crippen molar-refractivity contribution in [1.29, 1.82) is 5.26 Å². The summed E-state index contributed by atoms with van der Waals surface area (Å²) in [6.07, 6.45) is 16.0. The Balaban J connectivity index is -0.000000102. The van der Waals surface area contributed by atoms with Crippen molar-refractivity contribution in [3.05, 3.63) is 48.5 Å². The Bertz CT molecular complexity index is 961. The third-order valence-electron chi connectivity index (χ3n) is 4.26. The summed E-state index contributed by atoms with van der Waals surface area (Å²) in [6, 6.07) is 9.24. The Morgan fingerprint density at radius 2 is 1.56 bits per heavy atom. The monoisotopic (exact) mass is 616 g/mol. The number of nitrogens with one attached hydrogen (secondary N) is 3. The van der Waals surface area contributed by atoms with Crippen molar-refractivity contribution in [2.45, 2.75) is 54.9 Å². The number of anilines is 2. The third-order valence-corrected chi connectivity index (χ3v) is 4.93. The van der Waals surface area contributed by atoms with E-state index in [1.165, 1.54) is 29.8 Å². The molecule has 3 amide bonds. The van der Waals surface area contributed by atoms with Crippen molar-refractivity contribution in [1.82, 2.24) is 15.1 Å². The van der Waals surface area contributed by atoms with Crippen LogP contribution in [0, 0.1) is 36.5 Å². The van der Waals surface area contributed by atoms with Gasteiger partial charge in [-0.05, 0) is 50.8 Å². The Hall–Kier alpha value is -4.17. The lowest BCUT2D eigenvalue weighted by Crippen LogP contribution is -2.22. The number of rotatable bonds is 9. The lowest BCUT2D eigenvalue weighted by Gasteiger charge is -2.10. The van der Waals surface area contributed by atoms with Gasteiger partial charge in [0.2, 0.25) is 11.8 Å². The van der Waals surface area contributed by atoms with Crippen molar-refractivity contribution in [2.24, 2.45) is 0 Å². The zero-order valence-corrected chi connectivity index (χ0v) is 29.2. The first-order valence-electron chi connectivity index (χ1n) is 13.7. The number of terminal acetylenes is 2. The molecule has 0 aliphatic carbocycles. The number of hydrogen-bond donors (Lipinski definition) is 3. The minimum absolute atomic E-state index is 0.0525. The number of nitrogens with zero attached hydrogens (tertiary/aromatic N) is 3. The van der Waals surface area contributed by atoms with Gasteiger partial charge in [-0.1, -0.05) is 66.7 Å². The van der Waals surface area contributed by atoms with E-state index in [-0.39, 0.29) is 30.7 Å². The number of amides is 3. The van der Waals surface area contributed by atoms with Crippen LogP contribution in [-0.4, -0.2) is 74.6 Å². The zero-order valence-electron chi connectivity index (χ0n) is 28.3. The predicted molar refractivity (Wildman–Crippen MR) is 189 cm³/mol. The van der Waals surface area contributed by atoms with E-state index in [1.807, 2.05) is 65.3 Å². The summed E-state index contributed by atoms with van der Waals surface area (Å²) in [4.78, 5) is 36.3. The highest BCUT2D eigenvalue weighted by molar-refractivity contribution is 8.03. The van der Waals surface area contributed by atoms with Crippen molar-refractivity contribution < 1.29 is 14.4 Å². The van der Waals surface area contributed by atoms with Gasteiger partial charge in [0.05, 0.1) is 17.5 Å². The largest absolute Gasteiger partial charge is 0.388 e. The first-order chi connectivity index (χ1) is 20.5. The smallest absolute Gasteiger partial charge is 0.263 e. The van der Waals surface area contributed by atoms with E-state index in [9.17, 15) is 14.4 Å². The molecule has 43 heavy (non-hydrogen) atoms. The van der Waals surface area contributed by atoms with Gasteiger partial charge in [-0.2, -0.15) is 5.26 Å². The van der Waals surface area contributed by atoms with Crippen molar-refractivity contribution in [3.63, 3.8) is 0 Å². The van der Waals surface area contributed by atoms with Crippen LogP contribution in [0.2, 0.25) is 0 Å². The van der Waals surface area contributed by atoms with E-state index in [2.05, 4.69) is 73.7 Å². The maximum atomic E-state index is 11.0. The Labute approximate surface area is 267 Å². The summed E-state index contributed by atoms with van der Waals surface area (Å²) in [7, 11) is 5.60. The zero-order chi connectivity index (χ0) is 35.2. The lowest BCUT2D eigenvalue weighted by atomic mass is 10.3. The summed E-state index contributed by atoms with van der Waals surface area (Å²) in [5.41, 5.74) is 1.80. The molecule has 242 valence electrons. The molecule has 0 fully saturated rings. The molecule has 10 heteroatoms. The van der Waals surface area contributed by atoms with E-state index in [1.54, 1.807) is 13.1 Å². The second-order valence-corrected chi connectivity index (χ2v) is 7.94. The molecule has 0 spiro atoms. The number of thioether (sulfide) groups is 1. The van der Waals surface area contributed by atoms with Crippen LogP contribution in [0.3, 0.4) is 0 Å². The fourth-order valence-corrected chi connectivity index (χ4v) is 2.15. The first-order valence-corrected chi connectivity index (χ1v) is 15.0. The molecule has 0 bridgehead atoms. The molecule has 0 atom stereocenters.